The number of hydrogen-bond acceptors (Lipinski definition) is 2. The van der Waals surface area contributed by atoms with Crippen molar-refractivity contribution in [2.75, 3.05) is 0 Å². The van der Waals surface area contributed by atoms with Crippen molar-refractivity contribution in [3.8, 4) is 0 Å². The van der Waals surface area contributed by atoms with Gasteiger partial charge in [0, 0.05) is 11.1 Å². The summed E-state index contributed by atoms with van der Waals surface area (Å²) in [5.41, 5.74) is -0.191. The molecule has 0 atom stereocenters. The van der Waals surface area contributed by atoms with Gasteiger partial charge >= 0.3 is 0 Å². The zero-order valence-electron chi connectivity index (χ0n) is 10.0. The normalized spacial score (nSPS) is 11.6. The van der Waals surface area contributed by atoms with Gasteiger partial charge in [-0.15, -0.1) is 0 Å². The zero-order chi connectivity index (χ0) is 14.5. The third-order valence-electron chi connectivity index (χ3n) is 2.38. The van der Waals surface area contributed by atoms with E-state index in [0.717, 1.165) is 48.8 Å². The van der Waals surface area contributed by atoms with E-state index in [1.54, 1.807) is 0 Å². The first-order valence-electron chi connectivity index (χ1n) is 5.53. The van der Waals surface area contributed by atoms with Crippen LogP contribution in [0.25, 0.3) is 0 Å². The fourth-order valence-corrected chi connectivity index (χ4v) is 1.42. The molecular formula is C14H8F4N2. The van der Waals surface area contributed by atoms with Gasteiger partial charge in [-0.25, -0.2) is 17.6 Å². The lowest BCUT2D eigenvalue weighted by molar-refractivity contribution is 0.598. The molecule has 2 rings (SSSR count). The van der Waals surface area contributed by atoms with Crippen molar-refractivity contribution in [2.45, 2.75) is 0 Å². The van der Waals surface area contributed by atoms with E-state index in [-0.39, 0.29) is 11.1 Å². The van der Waals surface area contributed by atoms with Gasteiger partial charge in [0.15, 0.2) is 0 Å². The quantitative estimate of drug-likeness (QED) is 0.465. The molecule has 2 aromatic carbocycles. The lowest BCUT2D eigenvalue weighted by atomic mass is 10.2. The van der Waals surface area contributed by atoms with E-state index in [0.29, 0.717) is 0 Å². The molecule has 2 aromatic rings. The Morgan fingerprint density at radius 3 is 1.45 bits per heavy atom. The summed E-state index contributed by atoms with van der Waals surface area (Å²) in [6, 6.07) is 5.73. The molecule has 102 valence electrons. The Kier molecular flexibility index (Phi) is 4.24. The standard InChI is InChI=1S/C14H8F4N2/c15-11-1-3-13(17)9(5-11)7-19-20-8-10-6-12(16)2-4-14(10)18/h1-8H/b19-7+,20-8+. The minimum atomic E-state index is -0.665. The molecule has 0 spiro atoms. The third kappa shape index (κ3) is 3.50. The van der Waals surface area contributed by atoms with E-state index in [2.05, 4.69) is 10.2 Å². The molecule has 0 aromatic heterocycles. The van der Waals surface area contributed by atoms with Gasteiger partial charge in [0.05, 0.1) is 12.4 Å². The maximum Gasteiger partial charge on any atom is 0.132 e. The van der Waals surface area contributed by atoms with Crippen molar-refractivity contribution in [3.63, 3.8) is 0 Å². The molecule has 0 unspecified atom stereocenters. The monoisotopic (exact) mass is 280 g/mol. The maximum atomic E-state index is 13.2. The highest BCUT2D eigenvalue weighted by Gasteiger charge is 2.01. The largest absolute Gasteiger partial charge is 0.207 e. The minimum Gasteiger partial charge on any atom is -0.207 e. The predicted octanol–water partition coefficient (Wildman–Crippen LogP) is 3.70. The van der Waals surface area contributed by atoms with Crippen LogP contribution in [0.3, 0.4) is 0 Å². The molecule has 0 aliphatic heterocycles. The Morgan fingerprint density at radius 2 is 1.05 bits per heavy atom. The second kappa shape index (κ2) is 6.10. The fraction of sp³-hybridized carbons (Fsp3) is 0. The van der Waals surface area contributed by atoms with Crippen molar-refractivity contribution in [1.82, 2.24) is 0 Å². The first kappa shape index (κ1) is 13.9. The Bertz CT molecular complexity index is 621. The van der Waals surface area contributed by atoms with Gasteiger partial charge in [-0.1, -0.05) is 0 Å². The molecule has 0 fully saturated rings. The number of halogens is 4. The maximum absolute atomic E-state index is 13.2. The number of benzene rings is 2. The molecule has 2 nitrogen and oxygen atoms in total. The number of rotatable bonds is 3. The van der Waals surface area contributed by atoms with Crippen LogP contribution < -0.4 is 0 Å². The van der Waals surface area contributed by atoms with Crippen molar-refractivity contribution in [1.29, 1.82) is 0 Å². The summed E-state index contributed by atoms with van der Waals surface area (Å²) in [6.07, 6.45) is 1.96. The topological polar surface area (TPSA) is 24.7 Å². The second-order valence-corrected chi connectivity index (χ2v) is 3.82. The summed E-state index contributed by atoms with van der Waals surface area (Å²) in [7, 11) is 0. The summed E-state index contributed by atoms with van der Waals surface area (Å²) in [5.74, 6) is -2.56. The minimum absolute atomic E-state index is 0.0955. The second-order valence-electron chi connectivity index (χ2n) is 3.82. The Labute approximate surface area is 112 Å². The summed E-state index contributed by atoms with van der Waals surface area (Å²) in [5, 5.41) is 6.92. The molecule has 0 aliphatic carbocycles. The van der Waals surface area contributed by atoms with Crippen LogP contribution in [0.15, 0.2) is 46.6 Å². The van der Waals surface area contributed by atoms with Crippen LogP contribution in [0, 0.1) is 23.3 Å². The van der Waals surface area contributed by atoms with Crippen molar-refractivity contribution in [3.05, 3.63) is 70.8 Å². The highest BCUT2D eigenvalue weighted by Crippen LogP contribution is 2.08. The van der Waals surface area contributed by atoms with Crippen molar-refractivity contribution >= 4 is 12.4 Å². The average Bonchev–Trinajstić information content (AvgIpc) is 2.42. The van der Waals surface area contributed by atoms with E-state index in [1.807, 2.05) is 0 Å². The lowest BCUT2D eigenvalue weighted by Gasteiger charge is -1.95. The highest BCUT2D eigenvalue weighted by atomic mass is 19.1. The summed E-state index contributed by atoms with van der Waals surface area (Å²) >= 11 is 0. The lowest BCUT2D eigenvalue weighted by Crippen LogP contribution is -1.90. The van der Waals surface area contributed by atoms with Gasteiger partial charge in [-0.2, -0.15) is 10.2 Å². The van der Waals surface area contributed by atoms with E-state index in [1.165, 1.54) is 0 Å². The van der Waals surface area contributed by atoms with Gasteiger partial charge in [0.25, 0.3) is 0 Å². The van der Waals surface area contributed by atoms with Crippen LogP contribution in [-0.2, 0) is 0 Å². The molecule has 0 bridgehead atoms. The molecule has 0 saturated heterocycles. The molecule has 0 saturated carbocycles. The van der Waals surface area contributed by atoms with Crippen LogP contribution in [0.1, 0.15) is 11.1 Å². The first-order chi connectivity index (χ1) is 9.56. The van der Waals surface area contributed by atoms with E-state index < -0.39 is 23.3 Å². The van der Waals surface area contributed by atoms with Crippen LogP contribution in [-0.4, -0.2) is 12.4 Å². The van der Waals surface area contributed by atoms with Gasteiger partial charge in [-0.05, 0) is 36.4 Å². The van der Waals surface area contributed by atoms with Crippen LogP contribution >= 0.6 is 0 Å². The fourth-order valence-electron chi connectivity index (χ4n) is 1.42. The number of hydrogen-bond donors (Lipinski definition) is 0. The van der Waals surface area contributed by atoms with E-state index in [4.69, 9.17) is 0 Å². The SMILES string of the molecule is Fc1ccc(F)c(/C=N/N=C/c2cc(F)ccc2F)c1. The first-order valence-corrected chi connectivity index (χ1v) is 5.53. The van der Waals surface area contributed by atoms with Crippen LogP contribution in [0.2, 0.25) is 0 Å². The van der Waals surface area contributed by atoms with Gasteiger partial charge < -0.3 is 0 Å². The summed E-state index contributed by atoms with van der Waals surface area (Å²) < 4.78 is 52.2. The summed E-state index contributed by atoms with van der Waals surface area (Å²) in [6.45, 7) is 0. The third-order valence-corrected chi connectivity index (χ3v) is 2.38. The molecule has 20 heavy (non-hydrogen) atoms. The molecule has 0 N–H and O–H groups in total. The van der Waals surface area contributed by atoms with Crippen LogP contribution in [0.4, 0.5) is 17.6 Å². The highest BCUT2D eigenvalue weighted by molar-refractivity contribution is 5.83. The molecule has 6 heteroatoms. The Balaban J connectivity index is 2.15. The molecule has 0 aliphatic rings. The molecular weight excluding hydrogens is 272 g/mol. The average molecular weight is 280 g/mol. The smallest absolute Gasteiger partial charge is 0.132 e. The molecule has 0 amide bonds. The van der Waals surface area contributed by atoms with Crippen molar-refractivity contribution in [2.24, 2.45) is 10.2 Å². The zero-order valence-corrected chi connectivity index (χ0v) is 10.0. The molecule has 0 radical (unpaired) electrons. The summed E-state index contributed by atoms with van der Waals surface area (Å²) in [4.78, 5) is 0. The van der Waals surface area contributed by atoms with E-state index >= 15 is 0 Å². The van der Waals surface area contributed by atoms with Crippen LogP contribution in [0.5, 0.6) is 0 Å². The Morgan fingerprint density at radius 1 is 0.650 bits per heavy atom. The molecule has 0 heterocycles. The van der Waals surface area contributed by atoms with Crippen molar-refractivity contribution < 1.29 is 17.6 Å². The predicted molar refractivity (Wildman–Crippen MR) is 67.9 cm³/mol. The van der Waals surface area contributed by atoms with E-state index in [9.17, 15) is 17.6 Å². The van der Waals surface area contributed by atoms with Gasteiger partial charge in [0.2, 0.25) is 0 Å². The van der Waals surface area contributed by atoms with Gasteiger partial charge in [-0.3, -0.25) is 0 Å². The Hall–Kier alpha value is -2.50. The van der Waals surface area contributed by atoms with Gasteiger partial charge in [0.1, 0.15) is 23.3 Å². The number of nitrogens with zero attached hydrogens (tertiary/aromatic N) is 2.